The van der Waals surface area contributed by atoms with Gasteiger partial charge in [0.05, 0.1) is 17.8 Å². The van der Waals surface area contributed by atoms with Crippen LogP contribution in [0, 0.1) is 11.6 Å². The SMILES string of the molecule is O=C(Nc1cnn2ccc(N3CCCC3c3cc(F)ccc3F)nc12)c1ccc(N2CCN(I)CC2)c(C(F)(F)F)c1. The molecule has 1 N–H and O–H groups in total. The third kappa shape index (κ3) is 5.61. The van der Waals surface area contributed by atoms with Crippen LogP contribution >= 0.6 is 22.9 Å². The van der Waals surface area contributed by atoms with E-state index in [0.717, 1.165) is 24.6 Å². The monoisotopic (exact) mass is 697 g/mol. The maximum absolute atomic E-state index is 14.6. The first-order valence-electron chi connectivity index (χ1n) is 13.3. The molecule has 0 aliphatic carbocycles. The van der Waals surface area contributed by atoms with Crippen molar-refractivity contribution >= 4 is 51.6 Å². The largest absolute Gasteiger partial charge is 0.418 e. The highest BCUT2D eigenvalue weighted by Gasteiger charge is 2.36. The maximum Gasteiger partial charge on any atom is 0.418 e. The number of hydrogen-bond donors (Lipinski definition) is 1. The van der Waals surface area contributed by atoms with E-state index < -0.39 is 35.3 Å². The topological polar surface area (TPSA) is 69.0 Å². The Labute approximate surface area is 251 Å². The average Bonchev–Trinajstić information content (AvgIpc) is 3.61. The van der Waals surface area contributed by atoms with Gasteiger partial charge in [-0.15, -0.1) is 0 Å². The maximum atomic E-state index is 14.6. The molecule has 8 nitrogen and oxygen atoms in total. The van der Waals surface area contributed by atoms with Gasteiger partial charge in [0.2, 0.25) is 0 Å². The van der Waals surface area contributed by atoms with Gasteiger partial charge < -0.3 is 15.1 Å². The van der Waals surface area contributed by atoms with E-state index in [1.807, 2.05) is 8.01 Å². The Morgan fingerprint density at radius 2 is 1.79 bits per heavy atom. The zero-order valence-electron chi connectivity index (χ0n) is 22.1. The molecule has 1 amide bonds. The smallest absolute Gasteiger partial charge is 0.368 e. The number of anilines is 3. The van der Waals surface area contributed by atoms with Crippen LogP contribution in [-0.2, 0) is 6.18 Å². The Kier molecular flexibility index (Phi) is 7.68. The normalized spacial score (nSPS) is 18.2. The van der Waals surface area contributed by atoms with Crippen molar-refractivity contribution in [3.05, 3.63) is 83.2 Å². The summed E-state index contributed by atoms with van der Waals surface area (Å²) < 4.78 is 74.1. The number of alkyl halides is 3. The first-order chi connectivity index (χ1) is 20.1. The van der Waals surface area contributed by atoms with Gasteiger partial charge >= 0.3 is 6.18 Å². The van der Waals surface area contributed by atoms with Gasteiger partial charge in [0.25, 0.3) is 5.91 Å². The van der Waals surface area contributed by atoms with Gasteiger partial charge in [-0.05, 0) is 55.3 Å². The standard InChI is InChI=1S/C28H25F5IN7O/c29-18-4-5-21(30)19(15-18)23-2-1-8-40(23)25-7-9-41-26(37-25)22(16-35-41)36-27(42)17-3-6-24(20(14-17)28(31,32)33)38-10-12-39(34)13-11-38/h3-7,9,14-16,23H,1-2,8,10-13H2,(H,36,42). The molecule has 2 aromatic heterocycles. The Hall–Kier alpha value is -3.53. The molecule has 4 heterocycles. The van der Waals surface area contributed by atoms with Crippen LogP contribution < -0.4 is 15.1 Å². The van der Waals surface area contributed by atoms with Crippen molar-refractivity contribution < 1.29 is 26.7 Å². The minimum Gasteiger partial charge on any atom is -0.368 e. The number of rotatable bonds is 5. The second-order valence-corrected chi connectivity index (χ2v) is 11.6. The number of carbonyl (C=O) groups is 1. The molecule has 2 fully saturated rings. The fourth-order valence-electron chi connectivity index (χ4n) is 5.54. The number of aromatic nitrogens is 3. The summed E-state index contributed by atoms with van der Waals surface area (Å²) in [6, 6.07) is 8.20. The van der Waals surface area contributed by atoms with Crippen molar-refractivity contribution in [2.45, 2.75) is 25.1 Å². The summed E-state index contributed by atoms with van der Waals surface area (Å²) in [4.78, 5) is 21.3. The molecule has 2 saturated heterocycles. The molecule has 0 bridgehead atoms. The van der Waals surface area contributed by atoms with Gasteiger partial charge in [0.1, 0.15) is 23.1 Å². The van der Waals surface area contributed by atoms with E-state index in [1.165, 1.54) is 28.9 Å². The number of halogens is 6. The molecule has 0 spiro atoms. The van der Waals surface area contributed by atoms with E-state index in [0.29, 0.717) is 45.0 Å². The number of benzene rings is 2. The lowest BCUT2D eigenvalue weighted by atomic mass is 10.0. The number of hydrogen-bond acceptors (Lipinski definition) is 6. The zero-order chi connectivity index (χ0) is 29.6. The second kappa shape index (κ2) is 11.3. The molecule has 2 aliphatic heterocycles. The van der Waals surface area contributed by atoms with E-state index >= 15 is 0 Å². The zero-order valence-corrected chi connectivity index (χ0v) is 24.2. The molecule has 1 unspecified atom stereocenters. The van der Waals surface area contributed by atoms with Crippen LogP contribution in [0.15, 0.2) is 54.9 Å². The summed E-state index contributed by atoms with van der Waals surface area (Å²) in [5.74, 6) is -1.32. The number of piperazine rings is 1. The number of nitrogens with zero attached hydrogens (tertiary/aromatic N) is 6. The summed E-state index contributed by atoms with van der Waals surface area (Å²) in [7, 11) is 0. The summed E-state index contributed by atoms with van der Waals surface area (Å²) in [6.07, 6.45) is -0.332. The molecule has 1 atom stereocenters. The molecule has 2 aromatic carbocycles. The number of amides is 1. The Bertz CT molecular complexity index is 1640. The fourth-order valence-corrected chi connectivity index (χ4v) is 5.97. The van der Waals surface area contributed by atoms with Crippen LogP contribution in [0.25, 0.3) is 5.65 Å². The van der Waals surface area contributed by atoms with E-state index in [-0.39, 0.29) is 28.1 Å². The highest BCUT2D eigenvalue weighted by Crippen LogP contribution is 2.39. The summed E-state index contributed by atoms with van der Waals surface area (Å²) >= 11 is 2.15. The molecule has 14 heteroatoms. The molecule has 2 aliphatic rings. The van der Waals surface area contributed by atoms with E-state index in [2.05, 4.69) is 38.3 Å². The van der Waals surface area contributed by atoms with Crippen LogP contribution in [0.1, 0.15) is 40.4 Å². The van der Waals surface area contributed by atoms with E-state index in [1.54, 1.807) is 17.2 Å². The Balaban J connectivity index is 1.27. The second-order valence-electron chi connectivity index (χ2n) is 10.2. The quantitative estimate of drug-likeness (QED) is 0.155. The van der Waals surface area contributed by atoms with Crippen LogP contribution in [0.5, 0.6) is 0 Å². The summed E-state index contributed by atoms with van der Waals surface area (Å²) in [5.41, 5.74) is -0.296. The van der Waals surface area contributed by atoms with Crippen molar-refractivity contribution in [1.29, 1.82) is 0 Å². The van der Waals surface area contributed by atoms with Crippen molar-refractivity contribution in [1.82, 2.24) is 17.7 Å². The molecule has 0 saturated carbocycles. The molecule has 220 valence electrons. The molecule has 6 rings (SSSR count). The highest BCUT2D eigenvalue weighted by atomic mass is 127. The third-order valence-electron chi connectivity index (χ3n) is 7.60. The van der Waals surface area contributed by atoms with Gasteiger partial charge in [-0.1, -0.05) is 0 Å². The van der Waals surface area contributed by atoms with Crippen molar-refractivity contribution in [3.63, 3.8) is 0 Å². The number of carbonyl (C=O) groups excluding carboxylic acids is 1. The molecule has 4 aromatic rings. The van der Waals surface area contributed by atoms with Crippen molar-refractivity contribution in [3.8, 4) is 0 Å². The predicted octanol–water partition coefficient (Wildman–Crippen LogP) is 6.09. The van der Waals surface area contributed by atoms with Crippen LogP contribution in [0.4, 0.5) is 39.1 Å². The fraction of sp³-hybridized carbons (Fsp3) is 0.321. The third-order valence-corrected chi connectivity index (χ3v) is 8.56. The van der Waals surface area contributed by atoms with Gasteiger partial charge in [-0.2, -0.15) is 18.3 Å². The lowest BCUT2D eigenvalue weighted by Gasteiger charge is -2.34. The lowest BCUT2D eigenvalue weighted by Crippen LogP contribution is -2.42. The van der Waals surface area contributed by atoms with Crippen molar-refractivity contribution in [2.75, 3.05) is 47.8 Å². The minimum absolute atomic E-state index is 0.0424. The summed E-state index contributed by atoms with van der Waals surface area (Å²) in [6.45, 7) is 2.69. The average molecular weight is 697 g/mol. The Morgan fingerprint density at radius 1 is 1.00 bits per heavy atom. The van der Waals surface area contributed by atoms with Crippen LogP contribution in [0.3, 0.4) is 0 Å². The van der Waals surface area contributed by atoms with Gasteiger partial charge in [-0.3, -0.25) is 4.79 Å². The van der Waals surface area contributed by atoms with Crippen LogP contribution in [-0.4, -0.2) is 56.3 Å². The molecule has 0 radical (unpaired) electrons. The molecular formula is C28H25F5IN7O. The minimum atomic E-state index is -4.65. The molecule has 42 heavy (non-hydrogen) atoms. The number of nitrogens with one attached hydrogen (secondary N) is 1. The molecular weight excluding hydrogens is 672 g/mol. The van der Waals surface area contributed by atoms with Crippen LogP contribution in [0.2, 0.25) is 0 Å². The lowest BCUT2D eigenvalue weighted by molar-refractivity contribution is -0.137. The van der Waals surface area contributed by atoms with Gasteiger partial charge in [-0.25, -0.2) is 21.4 Å². The first kappa shape index (κ1) is 28.6. The summed E-state index contributed by atoms with van der Waals surface area (Å²) in [5, 5.41) is 6.83. The van der Waals surface area contributed by atoms with Crippen molar-refractivity contribution in [2.24, 2.45) is 0 Å². The first-order valence-corrected chi connectivity index (χ1v) is 14.3. The number of fused-ring (bicyclic) bond motifs is 1. The highest BCUT2D eigenvalue weighted by molar-refractivity contribution is 14.1. The van der Waals surface area contributed by atoms with E-state index in [9.17, 15) is 26.7 Å². The van der Waals surface area contributed by atoms with Gasteiger partial charge in [0, 0.05) is 78.6 Å². The predicted molar refractivity (Wildman–Crippen MR) is 156 cm³/mol. The Morgan fingerprint density at radius 3 is 2.55 bits per heavy atom. The van der Waals surface area contributed by atoms with Gasteiger partial charge in [0.15, 0.2) is 5.65 Å². The van der Waals surface area contributed by atoms with E-state index in [4.69, 9.17) is 0 Å².